The fourth-order valence-corrected chi connectivity index (χ4v) is 4.77. The molecule has 2 nitrogen and oxygen atoms in total. The van der Waals surface area contributed by atoms with Gasteiger partial charge in [-0.05, 0) is 29.5 Å². The van der Waals surface area contributed by atoms with Crippen molar-refractivity contribution in [1.82, 2.24) is 4.90 Å². The van der Waals surface area contributed by atoms with E-state index in [1.165, 1.54) is 4.88 Å². The molecule has 114 valence electrons. The number of thiophene rings is 1. The van der Waals surface area contributed by atoms with Crippen molar-refractivity contribution < 1.29 is 4.79 Å². The molecule has 1 aliphatic heterocycles. The lowest BCUT2D eigenvalue weighted by molar-refractivity contribution is -0.125. The number of rotatable bonds is 3. The highest BCUT2D eigenvalue weighted by Crippen LogP contribution is 2.36. The lowest BCUT2D eigenvalue weighted by Gasteiger charge is -2.18. The molecule has 2 heterocycles. The number of hydrogen-bond acceptors (Lipinski definition) is 3. The second kappa shape index (κ2) is 7.65. The zero-order chi connectivity index (χ0) is 15.2. The molecule has 0 saturated carbocycles. The van der Waals surface area contributed by atoms with Crippen molar-refractivity contribution in [3.63, 3.8) is 0 Å². The molecule has 1 fully saturated rings. The van der Waals surface area contributed by atoms with E-state index < -0.39 is 0 Å². The summed E-state index contributed by atoms with van der Waals surface area (Å²) in [6, 6.07) is 14.3. The highest BCUT2D eigenvalue weighted by atomic mass is 32.2. The zero-order valence-corrected chi connectivity index (χ0v) is 14.0. The normalized spacial score (nSPS) is 19.3. The van der Waals surface area contributed by atoms with E-state index in [0.29, 0.717) is 5.25 Å². The highest BCUT2D eigenvalue weighted by molar-refractivity contribution is 7.99. The maximum absolute atomic E-state index is 12.3. The SMILES string of the molecule is O=C(/C=C/c1ccccc1)N1CCS[C@@H](c2cccs2)CC1. The van der Waals surface area contributed by atoms with Crippen LogP contribution in [0.5, 0.6) is 0 Å². The molecule has 0 N–H and O–H groups in total. The molecule has 1 aromatic carbocycles. The second-order valence-corrected chi connectivity index (χ2v) is 7.52. The summed E-state index contributed by atoms with van der Waals surface area (Å²) in [5.41, 5.74) is 1.07. The van der Waals surface area contributed by atoms with Gasteiger partial charge >= 0.3 is 0 Å². The minimum Gasteiger partial charge on any atom is -0.338 e. The first kappa shape index (κ1) is 15.4. The summed E-state index contributed by atoms with van der Waals surface area (Å²) >= 11 is 3.79. The van der Waals surface area contributed by atoms with Crippen LogP contribution in [0.25, 0.3) is 6.08 Å². The molecule has 22 heavy (non-hydrogen) atoms. The van der Waals surface area contributed by atoms with Crippen LogP contribution in [-0.2, 0) is 4.79 Å². The monoisotopic (exact) mass is 329 g/mol. The predicted molar refractivity (Wildman–Crippen MR) is 96.2 cm³/mol. The van der Waals surface area contributed by atoms with Crippen LogP contribution in [0.2, 0.25) is 0 Å². The van der Waals surface area contributed by atoms with Crippen LogP contribution in [0.1, 0.15) is 22.1 Å². The third kappa shape index (κ3) is 4.02. The number of benzene rings is 1. The number of hydrogen-bond donors (Lipinski definition) is 0. The van der Waals surface area contributed by atoms with Gasteiger partial charge < -0.3 is 4.90 Å². The number of thioether (sulfide) groups is 1. The molecule has 1 saturated heterocycles. The molecule has 1 aromatic heterocycles. The Morgan fingerprint density at radius 3 is 2.77 bits per heavy atom. The van der Waals surface area contributed by atoms with E-state index in [0.717, 1.165) is 30.8 Å². The molecule has 0 bridgehead atoms. The number of amides is 1. The standard InChI is InChI=1S/C18H19NOS2/c20-18(9-8-15-5-2-1-3-6-15)19-11-10-17(22-14-12-19)16-7-4-13-21-16/h1-9,13,17H,10-12,14H2/b9-8+/t17-/m1/s1. The van der Waals surface area contributed by atoms with Crippen LogP contribution < -0.4 is 0 Å². The molecule has 4 heteroatoms. The molecule has 0 aliphatic carbocycles. The molecule has 0 spiro atoms. The van der Waals surface area contributed by atoms with Crippen molar-refractivity contribution in [2.75, 3.05) is 18.8 Å². The summed E-state index contributed by atoms with van der Waals surface area (Å²) in [5.74, 6) is 1.13. The first-order valence-corrected chi connectivity index (χ1v) is 9.43. The van der Waals surface area contributed by atoms with Crippen LogP contribution in [0, 0.1) is 0 Å². The zero-order valence-electron chi connectivity index (χ0n) is 12.4. The summed E-state index contributed by atoms with van der Waals surface area (Å²) in [4.78, 5) is 15.8. The topological polar surface area (TPSA) is 20.3 Å². The van der Waals surface area contributed by atoms with Crippen molar-refractivity contribution in [3.8, 4) is 0 Å². The number of carbonyl (C=O) groups excluding carboxylic acids is 1. The van der Waals surface area contributed by atoms with Crippen molar-refractivity contribution in [1.29, 1.82) is 0 Å². The largest absolute Gasteiger partial charge is 0.338 e. The van der Waals surface area contributed by atoms with Crippen LogP contribution >= 0.6 is 23.1 Å². The first-order chi connectivity index (χ1) is 10.8. The lowest BCUT2D eigenvalue weighted by Crippen LogP contribution is -2.31. The third-order valence-electron chi connectivity index (χ3n) is 3.73. The van der Waals surface area contributed by atoms with Crippen molar-refractivity contribution in [3.05, 3.63) is 64.4 Å². The Morgan fingerprint density at radius 2 is 2.00 bits per heavy atom. The van der Waals surface area contributed by atoms with Crippen LogP contribution in [-0.4, -0.2) is 29.6 Å². The summed E-state index contributed by atoms with van der Waals surface area (Å²) in [6.45, 7) is 1.68. The molecule has 1 aliphatic rings. The Kier molecular flexibility index (Phi) is 5.35. The summed E-state index contributed by atoms with van der Waals surface area (Å²) in [6.07, 6.45) is 4.64. The van der Waals surface area contributed by atoms with Crippen LogP contribution in [0.15, 0.2) is 53.9 Å². The van der Waals surface area contributed by atoms with Crippen molar-refractivity contribution in [2.45, 2.75) is 11.7 Å². The fourth-order valence-electron chi connectivity index (χ4n) is 2.53. The minimum absolute atomic E-state index is 0.122. The van der Waals surface area contributed by atoms with E-state index in [9.17, 15) is 4.79 Å². The van der Waals surface area contributed by atoms with E-state index in [4.69, 9.17) is 0 Å². The molecular formula is C18H19NOS2. The van der Waals surface area contributed by atoms with Gasteiger partial charge in [0.25, 0.3) is 0 Å². The predicted octanol–water partition coefficient (Wildman–Crippen LogP) is 4.47. The van der Waals surface area contributed by atoms with Gasteiger partial charge in [0.15, 0.2) is 0 Å². The Labute approximate surface area is 139 Å². The van der Waals surface area contributed by atoms with Gasteiger partial charge in [0, 0.05) is 35.0 Å². The average Bonchev–Trinajstić information content (AvgIpc) is 2.98. The van der Waals surface area contributed by atoms with Gasteiger partial charge in [-0.3, -0.25) is 4.79 Å². The molecule has 3 rings (SSSR count). The van der Waals surface area contributed by atoms with Crippen molar-refractivity contribution >= 4 is 35.1 Å². The van der Waals surface area contributed by atoms with E-state index in [-0.39, 0.29) is 5.91 Å². The van der Waals surface area contributed by atoms with Gasteiger partial charge in [-0.15, -0.1) is 11.3 Å². The third-order valence-corrected chi connectivity index (χ3v) is 6.18. The summed E-state index contributed by atoms with van der Waals surface area (Å²) in [7, 11) is 0. The van der Waals surface area contributed by atoms with E-state index >= 15 is 0 Å². The van der Waals surface area contributed by atoms with E-state index in [1.807, 2.05) is 64.4 Å². The summed E-state index contributed by atoms with van der Waals surface area (Å²) < 4.78 is 0. The van der Waals surface area contributed by atoms with Gasteiger partial charge in [-0.2, -0.15) is 11.8 Å². The lowest BCUT2D eigenvalue weighted by atomic mass is 10.2. The molecule has 0 unspecified atom stereocenters. The maximum Gasteiger partial charge on any atom is 0.246 e. The Morgan fingerprint density at radius 1 is 1.14 bits per heavy atom. The number of carbonyl (C=O) groups is 1. The van der Waals surface area contributed by atoms with Gasteiger partial charge in [-0.25, -0.2) is 0 Å². The molecule has 2 aromatic rings. The molecule has 1 atom stereocenters. The Bertz CT molecular complexity index is 622. The molecule has 1 amide bonds. The smallest absolute Gasteiger partial charge is 0.246 e. The minimum atomic E-state index is 0.122. The van der Waals surface area contributed by atoms with Gasteiger partial charge in [0.1, 0.15) is 0 Å². The van der Waals surface area contributed by atoms with Crippen molar-refractivity contribution in [2.24, 2.45) is 0 Å². The molecule has 0 radical (unpaired) electrons. The van der Waals surface area contributed by atoms with Gasteiger partial charge in [0.2, 0.25) is 5.91 Å². The number of nitrogens with zero attached hydrogens (tertiary/aromatic N) is 1. The summed E-state index contributed by atoms with van der Waals surface area (Å²) in [5, 5.41) is 2.67. The fraction of sp³-hybridized carbons (Fsp3) is 0.278. The van der Waals surface area contributed by atoms with Gasteiger partial charge in [-0.1, -0.05) is 36.4 Å². The van der Waals surface area contributed by atoms with Crippen LogP contribution in [0.4, 0.5) is 0 Å². The average molecular weight is 329 g/mol. The first-order valence-electron chi connectivity index (χ1n) is 7.50. The quantitative estimate of drug-likeness (QED) is 0.775. The Balaban J connectivity index is 1.58. The van der Waals surface area contributed by atoms with Crippen LogP contribution in [0.3, 0.4) is 0 Å². The van der Waals surface area contributed by atoms with Gasteiger partial charge in [0.05, 0.1) is 0 Å². The highest BCUT2D eigenvalue weighted by Gasteiger charge is 2.21. The van der Waals surface area contributed by atoms with E-state index in [1.54, 1.807) is 6.08 Å². The van der Waals surface area contributed by atoms with E-state index in [2.05, 4.69) is 17.5 Å². The second-order valence-electron chi connectivity index (χ2n) is 5.23. The Hall–Kier alpha value is -1.52. The molecular weight excluding hydrogens is 310 g/mol. The maximum atomic E-state index is 12.3.